The van der Waals surface area contributed by atoms with Gasteiger partial charge in [0.25, 0.3) is 5.91 Å². The molecule has 0 aliphatic rings. The van der Waals surface area contributed by atoms with Gasteiger partial charge in [0.2, 0.25) is 5.75 Å². The second-order valence-corrected chi connectivity index (χ2v) is 6.86. The van der Waals surface area contributed by atoms with Gasteiger partial charge < -0.3 is 25.3 Å². The van der Waals surface area contributed by atoms with E-state index in [-0.39, 0.29) is 41.8 Å². The van der Waals surface area contributed by atoms with Crippen molar-refractivity contribution in [2.75, 3.05) is 14.2 Å². The monoisotopic (exact) mass is 473 g/mol. The first-order chi connectivity index (χ1) is 15.4. The fourth-order valence-electron chi connectivity index (χ4n) is 3.08. The molecule has 174 valence electrons. The van der Waals surface area contributed by atoms with E-state index in [2.05, 4.69) is 5.32 Å². The molecule has 4 N–H and O–H groups in total. The van der Waals surface area contributed by atoms with Crippen LogP contribution in [0.1, 0.15) is 22.8 Å². The lowest BCUT2D eigenvalue weighted by molar-refractivity contribution is -0.131. The van der Waals surface area contributed by atoms with Crippen LogP contribution in [0.3, 0.4) is 0 Å². The molecular formula is C24H25ClFN3O4. The van der Waals surface area contributed by atoms with Crippen molar-refractivity contribution in [3.05, 3.63) is 89.2 Å². The van der Waals surface area contributed by atoms with Gasteiger partial charge in [0, 0.05) is 24.8 Å². The van der Waals surface area contributed by atoms with Crippen molar-refractivity contribution in [1.82, 2.24) is 5.32 Å². The van der Waals surface area contributed by atoms with E-state index in [0.717, 1.165) is 5.56 Å². The summed E-state index contributed by atoms with van der Waals surface area (Å²) in [5, 5.41) is 10.2. The number of nitrogens with two attached hydrogens (primary N) is 1. The van der Waals surface area contributed by atoms with Crippen LogP contribution in [0, 0.1) is 11.2 Å². The Kier molecular flexibility index (Phi) is 9.20. The molecule has 0 saturated carbocycles. The van der Waals surface area contributed by atoms with Crippen LogP contribution >= 0.6 is 12.4 Å². The molecule has 0 aromatic heterocycles. The van der Waals surface area contributed by atoms with Gasteiger partial charge in [-0.15, -0.1) is 12.4 Å². The van der Waals surface area contributed by atoms with E-state index in [0.29, 0.717) is 11.3 Å². The minimum Gasteiger partial charge on any atom is -0.493 e. The molecule has 3 aromatic rings. The molecule has 3 aromatic carbocycles. The predicted octanol–water partition coefficient (Wildman–Crippen LogP) is 4.34. The molecule has 0 radical (unpaired) electrons. The average molecular weight is 474 g/mol. The number of benzene rings is 3. The second-order valence-electron chi connectivity index (χ2n) is 6.86. The summed E-state index contributed by atoms with van der Waals surface area (Å²) in [4.78, 5) is 12.8. The van der Waals surface area contributed by atoms with Gasteiger partial charge in [0.1, 0.15) is 11.6 Å². The average Bonchev–Trinajstić information content (AvgIpc) is 2.81. The van der Waals surface area contributed by atoms with E-state index in [1.54, 1.807) is 48.5 Å². The molecule has 0 bridgehead atoms. The van der Waals surface area contributed by atoms with Crippen molar-refractivity contribution in [3.8, 4) is 17.2 Å². The maximum atomic E-state index is 15.4. The van der Waals surface area contributed by atoms with Gasteiger partial charge in [-0.2, -0.15) is 0 Å². The maximum absolute atomic E-state index is 15.4. The van der Waals surface area contributed by atoms with E-state index in [4.69, 9.17) is 25.4 Å². The summed E-state index contributed by atoms with van der Waals surface area (Å²) >= 11 is 0. The maximum Gasteiger partial charge on any atom is 0.254 e. The number of nitrogen functional groups attached to an aromatic ring is 1. The Bertz CT molecular complexity index is 1090. The first-order valence-electron chi connectivity index (χ1n) is 9.77. The van der Waals surface area contributed by atoms with Gasteiger partial charge >= 0.3 is 0 Å². The van der Waals surface area contributed by atoms with E-state index < -0.39 is 17.8 Å². The predicted molar refractivity (Wildman–Crippen MR) is 126 cm³/mol. The van der Waals surface area contributed by atoms with Crippen LogP contribution in [0.4, 0.5) is 4.39 Å². The Balaban J connectivity index is 0.00000385. The zero-order chi connectivity index (χ0) is 23.1. The number of nitrogens with one attached hydrogen (secondary N) is 2. The number of halogens is 2. The summed E-state index contributed by atoms with van der Waals surface area (Å²) in [6.45, 7) is 0.196. The number of para-hydroxylation sites is 1. The molecule has 33 heavy (non-hydrogen) atoms. The summed E-state index contributed by atoms with van der Waals surface area (Å²) < 4.78 is 31.6. The topological polar surface area (TPSA) is 107 Å². The molecule has 7 nitrogen and oxygen atoms in total. The summed E-state index contributed by atoms with van der Waals surface area (Å²) in [5.41, 5.74) is 6.84. The van der Waals surface area contributed by atoms with Crippen LogP contribution in [0.25, 0.3) is 0 Å². The number of amides is 1. The smallest absolute Gasteiger partial charge is 0.254 e. The van der Waals surface area contributed by atoms with Gasteiger partial charge in [0.05, 0.1) is 7.11 Å². The molecule has 9 heteroatoms. The van der Waals surface area contributed by atoms with Gasteiger partial charge in [0.15, 0.2) is 17.7 Å². The molecule has 1 atom stereocenters. The van der Waals surface area contributed by atoms with Crippen molar-refractivity contribution >= 4 is 24.1 Å². The van der Waals surface area contributed by atoms with E-state index in [9.17, 15) is 4.79 Å². The quantitative estimate of drug-likeness (QED) is 0.316. The second kappa shape index (κ2) is 11.8. The SMILES string of the molecule is COc1ccc(C(OC)C(=O)NCc2ccc(C(=N)N)cc2)c(F)c1Oc1ccccc1.Cl. The minimum absolute atomic E-state index is 0. The van der Waals surface area contributed by atoms with Crippen molar-refractivity contribution in [2.24, 2.45) is 5.73 Å². The summed E-state index contributed by atoms with van der Waals surface area (Å²) in [5.74, 6) is -0.821. The third-order valence-corrected chi connectivity index (χ3v) is 4.76. The molecule has 0 saturated heterocycles. The van der Waals surface area contributed by atoms with Crippen molar-refractivity contribution < 1.29 is 23.4 Å². The Morgan fingerprint density at radius 1 is 1.06 bits per heavy atom. The van der Waals surface area contributed by atoms with Crippen LogP contribution in [-0.4, -0.2) is 26.0 Å². The van der Waals surface area contributed by atoms with Gasteiger partial charge in [-0.05, 0) is 29.8 Å². The van der Waals surface area contributed by atoms with E-state index in [1.165, 1.54) is 26.4 Å². The van der Waals surface area contributed by atoms with Crippen molar-refractivity contribution in [2.45, 2.75) is 12.6 Å². The van der Waals surface area contributed by atoms with Gasteiger partial charge in [-0.1, -0.05) is 42.5 Å². The van der Waals surface area contributed by atoms with E-state index >= 15 is 4.39 Å². The molecule has 0 aliphatic carbocycles. The van der Waals surface area contributed by atoms with Crippen molar-refractivity contribution in [1.29, 1.82) is 5.41 Å². The van der Waals surface area contributed by atoms with Crippen LogP contribution in [0.15, 0.2) is 66.7 Å². The number of amidine groups is 1. The Morgan fingerprint density at radius 3 is 2.30 bits per heavy atom. The number of methoxy groups -OCH3 is 2. The first kappa shape index (κ1) is 25.6. The van der Waals surface area contributed by atoms with Gasteiger partial charge in [-0.3, -0.25) is 10.2 Å². The number of hydrogen-bond donors (Lipinski definition) is 3. The largest absolute Gasteiger partial charge is 0.493 e. The summed E-state index contributed by atoms with van der Waals surface area (Å²) in [7, 11) is 2.73. The summed E-state index contributed by atoms with van der Waals surface area (Å²) in [6, 6.07) is 18.5. The Hall–Kier alpha value is -3.62. The minimum atomic E-state index is -1.20. The highest BCUT2D eigenvalue weighted by molar-refractivity contribution is 5.94. The number of hydrogen-bond acceptors (Lipinski definition) is 5. The molecule has 3 rings (SSSR count). The van der Waals surface area contributed by atoms with Crippen LogP contribution in [-0.2, 0) is 16.1 Å². The molecule has 1 unspecified atom stereocenters. The highest BCUT2D eigenvalue weighted by atomic mass is 35.5. The Morgan fingerprint density at radius 2 is 1.73 bits per heavy atom. The third-order valence-electron chi connectivity index (χ3n) is 4.76. The summed E-state index contributed by atoms with van der Waals surface area (Å²) in [6.07, 6.45) is -1.20. The third kappa shape index (κ3) is 6.21. The highest BCUT2D eigenvalue weighted by Gasteiger charge is 2.27. The normalized spacial score (nSPS) is 11.1. The number of carbonyl (C=O) groups excluding carboxylic acids is 1. The fraction of sp³-hybridized carbons (Fsp3) is 0.167. The first-order valence-corrected chi connectivity index (χ1v) is 9.77. The van der Waals surface area contributed by atoms with E-state index in [1.807, 2.05) is 6.07 Å². The van der Waals surface area contributed by atoms with Gasteiger partial charge in [-0.25, -0.2) is 4.39 Å². The number of carbonyl (C=O) groups is 1. The highest BCUT2D eigenvalue weighted by Crippen LogP contribution is 2.38. The molecule has 0 fully saturated rings. The number of rotatable bonds is 9. The fourth-order valence-corrected chi connectivity index (χ4v) is 3.08. The molecule has 0 spiro atoms. The zero-order valence-electron chi connectivity index (χ0n) is 18.1. The lowest BCUT2D eigenvalue weighted by Crippen LogP contribution is -2.30. The lowest BCUT2D eigenvalue weighted by Gasteiger charge is -2.19. The van der Waals surface area contributed by atoms with Crippen LogP contribution in [0.5, 0.6) is 17.2 Å². The molecule has 0 heterocycles. The standard InChI is InChI=1S/C24H24FN3O4.ClH/c1-30-19-13-12-18(20(25)22(19)32-17-6-4-3-5-7-17)21(31-2)24(29)28-14-15-8-10-16(11-9-15)23(26)27;/h3-13,21H,14H2,1-2H3,(H3,26,27)(H,28,29);1H. The Labute approximate surface area is 197 Å². The number of ether oxygens (including phenoxy) is 3. The molecular weight excluding hydrogens is 449 g/mol. The van der Waals surface area contributed by atoms with Crippen molar-refractivity contribution in [3.63, 3.8) is 0 Å². The molecule has 1 amide bonds. The zero-order valence-corrected chi connectivity index (χ0v) is 18.9. The van der Waals surface area contributed by atoms with Crippen LogP contribution < -0.4 is 20.5 Å². The lowest BCUT2D eigenvalue weighted by atomic mass is 10.1. The molecule has 0 aliphatic heterocycles. The van der Waals surface area contributed by atoms with Crippen LogP contribution in [0.2, 0.25) is 0 Å².